The molecule has 0 bridgehead atoms. The summed E-state index contributed by atoms with van der Waals surface area (Å²) in [6.45, 7) is 4.77. The van der Waals surface area contributed by atoms with E-state index in [9.17, 15) is 4.79 Å². The molecule has 3 aromatic heterocycles. The van der Waals surface area contributed by atoms with Crippen LogP contribution in [0, 0.1) is 11.8 Å². The van der Waals surface area contributed by atoms with Gasteiger partial charge in [0.05, 0.1) is 29.5 Å². The lowest BCUT2D eigenvalue weighted by Crippen LogP contribution is -2.29. The van der Waals surface area contributed by atoms with E-state index in [1.165, 1.54) is 12.8 Å². The van der Waals surface area contributed by atoms with Crippen molar-refractivity contribution in [3.63, 3.8) is 0 Å². The average Bonchev–Trinajstić information content (AvgIpc) is 3.35. The standard InChI is InChI=1S/C25H28N6O.2ClH/c32-25-24-18(5-3-7-22(24)30-15-19-6-4-10-26-13-20(19)16-30)14-27-31(25)12-9-21-17-29-11-2-1-8-23(29)28-21;;/h1-3,5,7-8,11,14,17,19-20,26H,4,6,9-10,12-13,15-16H2;2*1H/t19-,20-;;/m0../s1. The SMILES string of the molecule is Cl.Cl.O=c1c2c(N3C[C@@H]4CCCNC[C@H]4C3)cccc2cnn1CCc1cn2ccccc2n1. The van der Waals surface area contributed by atoms with Crippen molar-refractivity contribution in [2.45, 2.75) is 25.8 Å². The highest BCUT2D eigenvalue weighted by molar-refractivity contribution is 5.93. The molecular weight excluding hydrogens is 471 g/mol. The first kappa shape index (κ1) is 24.5. The fraction of sp³-hybridized carbons (Fsp3) is 0.400. The average molecular weight is 501 g/mol. The van der Waals surface area contributed by atoms with Crippen LogP contribution < -0.4 is 15.8 Å². The number of anilines is 1. The topological polar surface area (TPSA) is 67.5 Å². The molecule has 6 rings (SSSR count). The summed E-state index contributed by atoms with van der Waals surface area (Å²) in [5.41, 5.74) is 2.94. The predicted molar refractivity (Wildman–Crippen MR) is 141 cm³/mol. The van der Waals surface area contributed by atoms with Crippen LogP contribution in [0.5, 0.6) is 0 Å². The van der Waals surface area contributed by atoms with E-state index in [0.29, 0.717) is 24.8 Å². The number of benzene rings is 1. The van der Waals surface area contributed by atoms with Crippen molar-refractivity contribution in [1.29, 1.82) is 0 Å². The van der Waals surface area contributed by atoms with Gasteiger partial charge in [-0.3, -0.25) is 4.79 Å². The lowest BCUT2D eigenvalue weighted by Gasteiger charge is -2.21. The molecule has 0 aliphatic carbocycles. The van der Waals surface area contributed by atoms with E-state index in [0.717, 1.165) is 54.0 Å². The Hall–Kier alpha value is -2.61. The maximum absolute atomic E-state index is 13.5. The highest BCUT2D eigenvalue weighted by atomic mass is 35.5. The number of hydrogen-bond donors (Lipinski definition) is 1. The molecule has 0 spiro atoms. The van der Waals surface area contributed by atoms with Crippen LogP contribution >= 0.6 is 24.8 Å². The van der Waals surface area contributed by atoms with Crippen LogP contribution in [0.2, 0.25) is 0 Å². The molecule has 34 heavy (non-hydrogen) atoms. The van der Waals surface area contributed by atoms with Gasteiger partial charge in [-0.05, 0) is 56.0 Å². The van der Waals surface area contributed by atoms with Gasteiger partial charge in [0.1, 0.15) is 5.65 Å². The molecule has 2 atom stereocenters. The molecule has 9 heteroatoms. The fourth-order valence-corrected chi connectivity index (χ4v) is 5.43. The molecule has 5 heterocycles. The Labute approximate surface area is 211 Å². The Bertz CT molecular complexity index is 1290. The molecule has 2 aliphatic rings. The number of pyridine rings is 1. The summed E-state index contributed by atoms with van der Waals surface area (Å²) in [5.74, 6) is 1.37. The molecule has 7 nitrogen and oxygen atoms in total. The third kappa shape index (κ3) is 4.52. The van der Waals surface area contributed by atoms with Crippen LogP contribution in [0.3, 0.4) is 0 Å². The summed E-state index contributed by atoms with van der Waals surface area (Å²) < 4.78 is 3.61. The van der Waals surface area contributed by atoms with Gasteiger partial charge in [-0.2, -0.15) is 5.10 Å². The Morgan fingerprint density at radius 1 is 1.06 bits per heavy atom. The van der Waals surface area contributed by atoms with Crippen molar-refractivity contribution in [3.8, 4) is 0 Å². The van der Waals surface area contributed by atoms with Crippen LogP contribution in [-0.4, -0.2) is 45.3 Å². The predicted octanol–water partition coefficient (Wildman–Crippen LogP) is 3.57. The van der Waals surface area contributed by atoms with Gasteiger partial charge >= 0.3 is 0 Å². The second-order valence-corrected chi connectivity index (χ2v) is 9.13. The van der Waals surface area contributed by atoms with Crippen molar-refractivity contribution in [3.05, 3.63) is 71.0 Å². The van der Waals surface area contributed by atoms with Crippen LogP contribution in [0.15, 0.2) is 59.8 Å². The zero-order valence-corrected chi connectivity index (χ0v) is 20.6. The summed E-state index contributed by atoms with van der Waals surface area (Å²) in [4.78, 5) is 20.6. The minimum atomic E-state index is -0.00733. The van der Waals surface area contributed by atoms with Gasteiger partial charge < -0.3 is 14.6 Å². The van der Waals surface area contributed by atoms with E-state index in [-0.39, 0.29) is 30.4 Å². The number of fused-ring (bicyclic) bond motifs is 3. The molecule has 180 valence electrons. The van der Waals surface area contributed by atoms with E-state index in [1.807, 2.05) is 53.3 Å². The second kappa shape index (κ2) is 10.3. The highest BCUT2D eigenvalue weighted by Gasteiger charge is 2.34. The van der Waals surface area contributed by atoms with E-state index in [1.54, 1.807) is 4.68 Å². The van der Waals surface area contributed by atoms with Gasteiger partial charge in [-0.25, -0.2) is 9.67 Å². The largest absolute Gasteiger partial charge is 0.370 e. The van der Waals surface area contributed by atoms with Crippen molar-refractivity contribution in [2.75, 3.05) is 31.1 Å². The Morgan fingerprint density at radius 3 is 2.82 bits per heavy atom. The molecule has 0 radical (unpaired) electrons. The minimum absolute atomic E-state index is 0. The third-order valence-electron chi connectivity index (χ3n) is 7.10. The maximum Gasteiger partial charge on any atom is 0.276 e. The van der Waals surface area contributed by atoms with Crippen molar-refractivity contribution >= 4 is 46.9 Å². The number of imidazole rings is 1. The lowest BCUT2D eigenvalue weighted by molar-refractivity contribution is 0.414. The number of hydrogen-bond acceptors (Lipinski definition) is 5. The molecule has 0 amide bonds. The molecule has 2 aliphatic heterocycles. The van der Waals surface area contributed by atoms with E-state index in [4.69, 9.17) is 0 Å². The summed E-state index contributed by atoms with van der Waals surface area (Å²) in [7, 11) is 0. The van der Waals surface area contributed by atoms with E-state index < -0.39 is 0 Å². The Kier molecular flexibility index (Phi) is 7.45. The molecule has 1 aromatic carbocycles. The number of aromatic nitrogens is 4. The summed E-state index contributed by atoms with van der Waals surface area (Å²) in [6.07, 6.45) is 9.02. The molecule has 2 saturated heterocycles. The van der Waals surface area contributed by atoms with Gasteiger partial charge in [0.15, 0.2) is 0 Å². The Morgan fingerprint density at radius 2 is 1.94 bits per heavy atom. The highest BCUT2D eigenvalue weighted by Crippen LogP contribution is 2.34. The molecule has 1 N–H and O–H groups in total. The van der Waals surface area contributed by atoms with Crippen molar-refractivity contribution in [2.24, 2.45) is 11.8 Å². The van der Waals surface area contributed by atoms with E-state index >= 15 is 0 Å². The smallest absolute Gasteiger partial charge is 0.276 e. The van der Waals surface area contributed by atoms with Gasteiger partial charge in [-0.1, -0.05) is 18.2 Å². The number of aryl methyl sites for hydroxylation is 2. The summed E-state index contributed by atoms with van der Waals surface area (Å²) in [6, 6.07) is 12.1. The van der Waals surface area contributed by atoms with Crippen LogP contribution in [-0.2, 0) is 13.0 Å². The zero-order valence-electron chi connectivity index (χ0n) is 19.0. The lowest BCUT2D eigenvalue weighted by atomic mass is 9.93. The first-order valence-corrected chi connectivity index (χ1v) is 11.6. The second-order valence-electron chi connectivity index (χ2n) is 9.13. The molecule has 0 unspecified atom stereocenters. The zero-order chi connectivity index (χ0) is 21.5. The Balaban J connectivity index is 0.00000137. The van der Waals surface area contributed by atoms with Gasteiger partial charge in [0.25, 0.3) is 5.56 Å². The number of nitrogens with zero attached hydrogens (tertiary/aromatic N) is 5. The van der Waals surface area contributed by atoms with Crippen molar-refractivity contribution < 1.29 is 0 Å². The number of rotatable bonds is 4. The maximum atomic E-state index is 13.5. The van der Waals surface area contributed by atoms with Crippen LogP contribution in [0.25, 0.3) is 16.4 Å². The minimum Gasteiger partial charge on any atom is -0.370 e. The fourth-order valence-electron chi connectivity index (χ4n) is 5.43. The van der Waals surface area contributed by atoms with Gasteiger partial charge in [0.2, 0.25) is 0 Å². The summed E-state index contributed by atoms with van der Waals surface area (Å²) in [5, 5.41) is 9.76. The van der Waals surface area contributed by atoms with E-state index in [2.05, 4.69) is 26.4 Å². The third-order valence-corrected chi connectivity index (χ3v) is 7.10. The first-order chi connectivity index (χ1) is 15.8. The monoisotopic (exact) mass is 500 g/mol. The molecule has 2 fully saturated rings. The number of nitrogens with one attached hydrogen (secondary N) is 1. The van der Waals surface area contributed by atoms with Crippen LogP contribution in [0.4, 0.5) is 5.69 Å². The van der Waals surface area contributed by atoms with Crippen LogP contribution in [0.1, 0.15) is 18.5 Å². The molecule has 0 saturated carbocycles. The molecular formula is C25H30Cl2N6O. The quantitative estimate of drug-likeness (QED) is 0.463. The number of halogens is 2. The van der Waals surface area contributed by atoms with Gasteiger partial charge in [0, 0.05) is 37.3 Å². The normalized spacial score (nSPS) is 19.9. The summed E-state index contributed by atoms with van der Waals surface area (Å²) >= 11 is 0. The molecule has 4 aromatic rings. The first-order valence-electron chi connectivity index (χ1n) is 11.6. The van der Waals surface area contributed by atoms with Gasteiger partial charge in [-0.15, -0.1) is 24.8 Å². The van der Waals surface area contributed by atoms with Crippen molar-refractivity contribution in [1.82, 2.24) is 24.5 Å².